The first-order valence-corrected chi connectivity index (χ1v) is 14.6. The number of nitrogens with zero attached hydrogens (tertiary/aromatic N) is 1. The van der Waals surface area contributed by atoms with Crippen LogP contribution in [0.15, 0.2) is 67.1 Å². The molecule has 0 aliphatic carbocycles. The number of hydrogen-bond acceptors (Lipinski definition) is 7. The van der Waals surface area contributed by atoms with Crippen LogP contribution in [0.2, 0.25) is 0 Å². The van der Waals surface area contributed by atoms with Crippen LogP contribution >= 0.6 is 21.4 Å². The Morgan fingerprint density at radius 3 is 2.44 bits per heavy atom. The van der Waals surface area contributed by atoms with Gasteiger partial charge in [0.25, 0.3) is 0 Å². The van der Waals surface area contributed by atoms with E-state index in [0.717, 1.165) is 36.9 Å². The molecule has 1 heterocycles. The number of likely N-dealkylation sites (tertiary alicyclic amines) is 1. The van der Waals surface area contributed by atoms with Crippen molar-refractivity contribution in [3.8, 4) is 0 Å². The molecule has 1 aliphatic heterocycles. The second-order valence-electron chi connectivity index (χ2n) is 10.6. The molecule has 39 heavy (non-hydrogen) atoms. The SMILES string of the molecule is C=C(NSNc1ccccc1C1(P)CCN(C(=O)C(CCCc2ccccc2)NC(=O)C(C)(C)N)CC1)OC. The molecule has 0 spiro atoms. The molecule has 1 aliphatic rings. The zero-order valence-corrected chi connectivity index (χ0v) is 25.1. The third kappa shape index (κ3) is 8.88. The van der Waals surface area contributed by atoms with E-state index in [4.69, 9.17) is 10.5 Å². The highest BCUT2D eigenvalue weighted by molar-refractivity contribution is 7.98. The standard InChI is InChI=1S/C29H42N5O3PS/c1-21(37-4)32-39-33-24-15-9-8-14-23(24)29(38)17-19-34(20-18-29)26(35)25(31-27(36)28(2,3)30)16-10-13-22-11-6-5-7-12-22/h5-9,11-12,14-15,25,32-33H,1,10,13,16-20,30,38H2,2-4H3,(H,31,36). The molecule has 2 unspecified atom stereocenters. The minimum atomic E-state index is -1.06. The number of nitrogens with two attached hydrogens (primary N) is 1. The van der Waals surface area contributed by atoms with Crippen molar-refractivity contribution in [1.82, 2.24) is 14.9 Å². The average Bonchev–Trinajstić information content (AvgIpc) is 2.92. The van der Waals surface area contributed by atoms with E-state index in [9.17, 15) is 9.59 Å². The number of carbonyl (C=O) groups is 2. The molecule has 2 amide bonds. The van der Waals surface area contributed by atoms with Crippen molar-refractivity contribution >= 4 is 38.9 Å². The summed E-state index contributed by atoms with van der Waals surface area (Å²) in [6.07, 6.45) is 3.74. The van der Waals surface area contributed by atoms with E-state index in [1.54, 1.807) is 21.0 Å². The number of nitrogens with one attached hydrogen (secondary N) is 3. The van der Waals surface area contributed by atoms with E-state index in [-0.39, 0.29) is 17.0 Å². The van der Waals surface area contributed by atoms with Gasteiger partial charge >= 0.3 is 0 Å². The lowest BCUT2D eigenvalue weighted by Crippen LogP contribution is -2.57. The Labute approximate surface area is 239 Å². The molecule has 0 bridgehead atoms. The molecule has 1 fully saturated rings. The zero-order valence-electron chi connectivity index (χ0n) is 23.2. The van der Waals surface area contributed by atoms with Gasteiger partial charge in [0.1, 0.15) is 6.04 Å². The van der Waals surface area contributed by atoms with E-state index in [0.29, 0.717) is 25.4 Å². The van der Waals surface area contributed by atoms with Crippen LogP contribution in [-0.4, -0.2) is 48.5 Å². The molecule has 0 saturated carbocycles. The molecule has 2 atom stereocenters. The van der Waals surface area contributed by atoms with Gasteiger partial charge in [0.05, 0.1) is 24.8 Å². The van der Waals surface area contributed by atoms with Crippen LogP contribution < -0.4 is 20.5 Å². The number of rotatable bonds is 13. The first-order valence-electron chi connectivity index (χ1n) is 13.3. The Morgan fingerprint density at radius 1 is 1.15 bits per heavy atom. The summed E-state index contributed by atoms with van der Waals surface area (Å²) in [7, 11) is 4.59. The molecule has 10 heteroatoms. The summed E-state index contributed by atoms with van der Waals surface area (Å²) in [4.78, 5) is 28.3. The maximum Gasteiger partial charge on any atom is 0.245 e. The fraction of sp³-hybridized carbons (Fsp3) is 0.448. The molecule has 2 aromatic carbocycles. The lowest BCUT2D eigenvalue weighted by atomic mass is 9.86. The summed E-state index contributed by atoms with van der Waals surface area (Å²) in [5, 5.41) is 2.75. The summed E-state index contributed by atoms with van der Waals surface area (Å²) in [5.41, 5.74) is 8.34. The Bertz CT molecular complexity index is 1120. The molecule has 1 saturated heterocycles. The predicted octanol–water partition coefficient (Wildman–Crippen LogP) is 4.31. The van der Waals surface area contributed by atoms with Crippen molar-refractivity contribution in [2.75, 3.05) is 24.9 Å². The van der Waals surface area contributed by atoms with Gasteiger partial charge in [-0.25, -0.2) is 0 Å². The summed E-state index contributed by atoms with van der Waals surface area (Å²) < 4.78 is 11.4. The van der Waals surface area contributed by atoms with Crippen LogP contribution in [0, 0.1) is 0 Å². The zero-order chi connectivity index (χ0) is 28.5. The number of amides is 2. The normalized spacial score (nSPS) is 15.7. The molecule has 8 nitrogen and oxygen atoms in total. The van der Waals surface area contributed by atoms with Crippen molar-refractivity contribution in [3.63, 3.8) is 0 Å². The quantitative estimate of drug-likeness (QED) is 0.161. The third-order valence-corrected chi connectivity index (χ3v) is 8.53. The summed E-state index contributed by atoms with van der Waals surface area (Å²) in [6, 6.07) is 17.7. The highest BCUT2D eigenvalue weighted by Gasteiger charge is 2.37. The molecule has 2 aromatic rings. The fourth-order valence-corrected chi connectivity index (χ4v) is 5.60. The van der Waals surface area contributed by atoms with Crippen molar-refractivity contribution < 1.29 is 14.3 Å². The second-order valence-corrected chi connectivity index (χ2v) is 12.3. The predicted molar refractivity (Wildman–Crippen MR) is 164 cm³/mol. The number of benzene rings is 2. The number of anilines is 1. The molecular weight excluding hydrogens is 529 g/mol. The Hall–Kier alpha value is -2.74. The smallest absolute Gasteiger partial charge is 0.245 e. The van der Waals surface area contributed by atoms with Crippen LogP contribution in [0.3, 0.4) is 0 Å². The van der Waals surface area contributed by atoms with Crippen molar-refractivity contribution in [3.05, 3.63) is 78.2 Å². The number of methoxy groups -OCH3 is 1. The average molecular weight is 572 g/mol. The van der Waals surface area contributed by atoms with E-state index in [2.05, 4.69) is 48.8 Å². The first-order chi connectivity index (χ1) is 18.5. The Morgan fingerprint density at radius 2 is 1.79 bits per heavy atom. The molecule has 3 rings (SSSR count). The number of aryl methyl sites for hydroxylation is 1. The molecule has 0 aromatic heterocycles. The Kier molecular flexibility index (Phi) is 11.1. The first kappa shape index (κ1) is 30.8. The minimum absolute atomic E-state index is 0.0445. The molecule has 212 valence electrons. The van der Waals surface area contributed by atoms with E-state index >= 15 is 0 Å². The summed E-state index contributed by atoms with van der Waals surface area (Å²) in [6.45, 7) is 8.27. The number of ether oxygens (including phenoxy) is 1. The van der Waals surface area contributed by atoms with Gasteiger partial charge in [-0.2, -0.15) is 0 Å². The van der Waals surface area contributed by atoms with Gasteiger partial charge in [-0.05, 0) is 69.7 Å². The third-order valence-electron chi connectivity index (χ3n) is 6.99. The van der Waals surface area contributed by atoms with Gasteiger partial charge in [-0.1, -0.05) is 48.5 Å². The van der Waals surface area contributed by atoms with Gasteiger partial charge in [0.2, 0.25) is 11.8 Å². The molecule has 0 radical (unpaired) electrons. The number of para-hydroxylation sites is 1. The van der Waals surface area contributed by atoms with Crippen molar-refractivity contribution in [2.24, 2.45) is 5.73 Å². The van der Waals surface area contributed by atoms with Gasteiger partial charge in [0.15, 0.2) is 5.88 Å². The van der Waals surface area contributed by atoms with Crippen LogP contribution in [0.5, 0.6) is 0 Å². The van der Waals surface area contributed by atoms with Crippen LogP contribution in [0.25, 0.3) is 0 Å². The van der Waals surface area contributed by atoms with Crippen LogP contribution in [-0.2, 0) is 25.9 Å². The Balaban J connectivity index is 1.65. The van der Waals surface area contributed by atoms with Gasteiger partial charge < -0.3 is 25.4 Å². The largest absolute Gasteiger partial charge is 0.482 e. The van der Waals surface area contributed by atoms with Crippen molar-refractivity contribution in [1.29, 1.82) is 0 Å². The molecular formula is C29H42N5O3PS. The second kappa shape index (κ2) is 14.1. The van der Waals surface area contributed by atoms with E-state index in [1.165, 1.54) is 17.7 Å². The van der Waals surface area contributed by atoms with Gasteiger partial charge in [-0.15, -0.1) is 9.24 Å². The highest BCUT2D eigenvalue weighted by atomic mass is 32.2. The maximum atomic E-state index is 13.7. The highest BCUT2D eigenvalue weighted by Crippen LogP contribution is 2.45. The van der Waals surface area contributed by atoms with Crippen LogP contribution in [0.1, 0.15) is 50.7 Å². The van der Waals surface area contributed by atoms with Crippen LogP contribution in [0.4, 0.5) is 5.69 Å². The van der Waals surface area contributed by atoms with Crippen molar-refractivity contribution in [2.45, 2.75) is 62.7 Å². The van der Waals surface area contributed by atoms with Gasteiger partial charge in [0, 0.05) is 23.9 Å². The summed E-state index contributed by atoms with van der Waals surface area (Å²) in [5.74, 6) is 0.0954. The topological polar surface area (TPSA) is 109 Å². The van der Waals surface area contributed by atoms with Gasteiger partial charge in [-0.3, -0.25) is 14.3 Å². The molecule has 5 N–H and O–H groups in total. The lowest BCUT2D eigenvalue weighted by molar-refractivity contribution is -0.138. The van der Waals surface area contributed by atoms with E-state index < -0.39 is 11.6 Å². The lowest BCUT2D eigenvalue weighted by Gasteiger charge is -2.41. The maximum absolute atomic E-state index is 13.7. The number of hydrogen-bond donors (Lipinski definition) is 4. The monoisotopic (exact) mass is 571 g/mol. The number of carbonyl (C=O) groups excluding carboxylic acids is 2. The fourth-order valence-electron chi connectivity index (χ4n) is 4.56. The summed E-state index contributed by atoms with van der Waals surface area (Å²) >= 11 is 1.29. The van der Waals surface area contributed by atoms with E-state index in [1.807, 2.05) is 41.3 Å². The minimum Gasteiger partial charge on any atom is -0.482 e. The number of piperidine rings is 1.